The third-order valence-corrected chi connectivity index (χ3v) is 6.76. The molecule has 4 rings (SSSR count). The van der Waals surface area contributed by atoms with Crippen LogP contribution in [0.5, 0.6) is 5.75 Å². The van der Waals surface area contributed by atoms with Crippen molar-refractivity contribution in [2.75, 3.05) is 38.2 Å². The highest BCUT2D eigenvalue weighted by atomic mass is 35.5. The summed E-state index contributed by atoms with van der Waals surface area (Å²) in [5.74, 6) is 0.673. The monoisotopic (exact) mass is 400 g/mol. The molecule has 0 amide bonds. The summed E-state index contributed by atoms with van der Waals surface area (Å²) in [7, 11) is 0.358. The summed E-state index contributed by atoms with van der Waals surface area (Å²) < 4.78 is 21.0. The number of piperazine rings is 1. The topological polar surface area (TPSA) is 32.8 Å². The number of benzene rings is 3. The quantitative estimate of drug-likeness (QED) is 0.652. The summed E-state index contributed by atoms with van der Waals surface area (Å²) in [6, 6.07) is 19.8. The molecule has 140 valence electrons. The predicted molar refractivity (Wildman–Crippen MR) is 112 cm³/mol. The molecule has 1 fully saturated rings. The first kappa shape index (κ1) is 18.3. The van der Waals surface area contributed by atoms with Gasteiger partial charge in [0.2, 0.25) is 0 Å². The van der Waals surface area contributed by atoms with Crippen LogP contribution in [0.3, 0.4) is 0 Å². The van der Waals surface area contributed by atoms with Gasteiger partial charge in [-0.3, -0.25) is 0 Å². The average Bonchev–Trinajstić information content (AvgIpc) is 2.73. The van der Waals surface area contributed by atoms with Crippen LogP contribution in [0.1, 0.15) is 0 Å². The van der Waals surface area contributed by atoms with Gasteiger partial charge in [0.1, 0.15) is 21.6 Å². The lowest BCUT2D eigenvalue weighted by molar-refractivity contribution is 0.393. The van der Waals surface area contributed by atoms with E-state index < -0.39 is 11.0 Å². The lowest BCUT2D eigenvalue weighted by Gasteiger charge is -2.35. The number of ether oxygens (including phenoxy) is 1. The molecule has 0 saturated carbocycles. The van der Waals surface area contributed by atoms with Gasteiger partial charge in [0.25, 0.3) is 0 Å². The van der Waals surface area contributed by atoms with Crippen LogP contribution in [0, 0.1) is 0 Å². The molecule has 27 heavy (non-hydrogen) atoms. The molecule has 0 bridgehead atoms. The molecule has 1 heterocycles. The number of anilines is 1. The van der Waals surface area contributed by atoms with Gasteiger partial charge >= 0.3 is 0 Å². The predicted octanol–water partition coefficient (Wildman–Crippen LogP) is 4.35. The van der Waals surface area contributed by atoms with E-state index in [2.05, 4.69) is 4.90 Å². The molecular formula is C21H21ClN2O2S. The molecular weight excluding hydrogens is 380 g/mol. The maximum Gasteiger partial charge on any atom is 0.137 e. The fourth-order valence-corrected chi connectivity index (χ4v) is 5.03. The van der Waals surface area contributed by atoms with Crippen molar-refractivity contribution in [1.29, 1.82) is 0 Å². The van der Waals surface area contributed by atoms with E-state index in [0.717, 1.165) is 52.6 Å². The van der Waals surface area contributed by atoms with E-state index in [1.54, 1.807) is 7.11 Å². The van der Waals surface area contributed by atoms with E-state index in [1.807, 2.05) is 65.0 Å². The molecule has 0 aliphatic carbocycles. The number of nitrogens with zero attached hydrogens (tertiary/aromatic N) is 2. The van der Waals surface area contributed by atoms with Gasteiger partial charge in [-0.1, -0.05) is 41.9 Å². The number of rotatable bonds is 4. The van der Waals surface area contributed by atoms with Crippen molar-refractivity contribution >= 4 is 39.0 Å². The minimum Gasteiger partial charge on any atom is -0.495 e. The number of methoxy groups -OCH3 is 1. The average molecular weight is 401 g/mol. The van der Waals surface area contributed by atoms with E-state index in [4.69, 9.17) is 16.3 Å². The minimum absolute atomic E-state index is 0.673. The molecule has 6 heteroatoms. The fourth-order valence-electron chi connectivity index (χ4n) is 3.46. The number of halogens is 1. The summed E-state index contributed by atoms with van der Waals surface area (Å²) in [5.41, 5.74) is 1.15. The highest BCUT2D eigenvalue weighted by Gasteiger charge is 2.25. The molecule has 4 nitrogen and oxygen atoms in total. The van der Waals surface area contributed by atoms with Gasteiger partial charge in [-0.15, -0.1) is 0 Å². The van der Waals surface area contributed by atoms with E-state index in [9.17, 15) is 4.21 Å². The molecule has 0 N–H and O–H groups in total. The second-order valence-corrected chi connectivity index (χ2v) is 8.32. The molecule has 0 unspecified atom stereocenters. The molecule has 3 aromatic carbocycles. The van der Waals surface area contributed by atoms with Crippen molar-refractivity contribution in [1.82, 2.24) is 4.31 Å². The Bertz CT molecular complexity index is 970. The van der Waals surface area contributed by atoms with Gasteiger partial charge < -0.3 is 9.64 Å². The number of hydrogen-bond donors (Lipinski definition) is 0. The van der Waals surface area contributed by atoms with Crippen molar-refractivity contribution in [3.63, 3.8) is 0 Å². The van der Waals surface area contributed by atoms with Crippen molar-refractivity contribution in [2.24, 2.45) is 0 Å². The molecule has 3 aromatic rings. The van der Waals surface area contributed by atoms with E-state index >= 15 is 0 Å². The third-order valence-electron chi connectivity index (χ3n) is 4.90. The highest BCUT2D eigenvalue weighted by Crippen LogP contribution is 2.32. The Morgan fingerprint density at radius 3 is 2.33 bits per heavy atom. The van der Waals surface area contributed by atoms with Gasteiger partial charge in [-0.25, -0.2) is 8.51 Å². The molecule has 0 spiro atoms. The molecule has 0 aromatic heterocycles. The van der Waals surface area contributed by atoms with Crippen molar-refractivity contribution in [2.45, 2.75) is 4.90 Å². The van der Waals surface area contributed by atoms with Gasteiger partial charge in [-0.05, 0) is 35.7 Å². The van der Waals surface area contributed by atoms with E-state index in [0.29, 0.717) is 5.75 Å². The Morgan fingerprint density at radius 2 is 1.63 bits per heavy atom. The summed E-state index contributed by atoms with van der Waals surface area (Å²) in [4.78, 5) is 3.06. The first-order chi connectivity index (χ1) is 13.2. The summed E-state index contributed by atoms with van der Waals surface area (Å²) in [5, 5.41) is 2.79. The van der Waals surface area contributed by atoms with E-state index in [-0.39, 0.29) is 0 Å². The first-order valence-electron chi connectivity index (χ1n) is 8.90. The Kier molecular flexibility index (Phi) is 5.34. The lowest BCUT2D eigenvalue weighted by Crippen LogP contribution is -2.47. The largest absolute Gasteiger partial charge is 0.495 e. The smallest absolute Gasteiger partial charge is 0.137 e. The minimum atomic E-state index is -1.27. The Hall–Kier alpha value is -2.08. The van der Waals surface area contributed by atoms with Crippen LogP contribution in [-0.2, 0) is 11.0 Å². The number of hydrogen-bond acceptors (Lipinski definition) is 3. The zero-order chi connectivity index (χ0) is 18.8. The first-order valence-corrected chi connectivity index (χ1v) is 10.4. The Morgan fingerprint density at radius 1 is 0.926 bits per heavy atom. The van der Waals surface area contributed by atoms with E-state index in [1.165, 1.54) is 0 Å². The van der Waals surface area contributed by atoms with Crippen LogP contribution in [0.15, 0.2) is 65.6 Å². The van der Waals surface area contributed by atoms with Crippen LogP contribution in [-0.4, -0.2) is 41.8 Å². The van der Waals surface area contributed by atoms with Gasteiger partial charge in [0, 0.05) is 42.3 Å². The van der Waals surface area contributed by atoms with Gasteiger partial charge in [0.15, 0.2) is 0 Å². The second kappa shape index (κ2) is 7.89. The zero-order valence-corrected chi connectivity index (χ0v) is 16.7. The maximum atomic E-state index is 13.4. The molecule has 1 atom stereocenters. The Labute approximate surface area is 166 Å². The lowest BCUT2D eigenvalue weighted by atomic mass is 10.1. The SMILES string of the molecule is COc1ccc2ccccc2c1[S@@](=O)N1CCN(c2ccc(Cl)cc2)CC1. The van der Waals surface area contributed by atoms with Crippen LogP contribution in [0.2, 0.25) is 5.02 Å². The van der Waals surface area contributed by atoms with Crippen LogP contribution in [0.4, 0.5) is 5.69 Å². The molecule has 0 radical (unpaired) electrons. The molecule has 1 aliphatic rings. The van der Waals surface area contributed by atoms with Crippen LogP contribution >= 0.6 is 11.6 Å². The molecule has 1 aliphatic heterocycles. The van der Waals surface area contributed by atoms with Crippen molar-refractivity contribution in [3.05, 3.63) is 65.7 Å². The fraction of sp³-hybridized carbons (Fsp3) is 0.238. The van der Waals surface area contributed by atoms with Gasteiger partial charge in [0.05, 0.1) is 7.11 Å². The van der Waals surface area contributed by atoms with Crippen LogP contribution in [0.25, 0.3) is 10.8 Å². The third kappa shape index (κ3) is 3.68. The summed E-state index contributed by atoms with van der Waals surface area (Å²) in [6.07, 6.45) is 0. The van der Waals surface area contributed by atoms with Crippen molar-refractivity contribution in [3.8, 4) is 5.75 Å². The summed E-state index contributed by atoms with van der Waals surface area (Å²) >= 11 is 5.98. The summed E-state index contributed by atoms with van der Waals surface area (Å²) in [6.45, 7) is 3.09. The zero-order valence-electron chi connectivity index (χ0n) is 15.1. The highest BCUT2D eigenvalue weighted by molar-refractivity contribution is 7.83. The second-order valence-electron chi connectivity index (χ2n) is 6.46. The number of fused-ring (bicyclic) bond motifs is 1. The van der Waals surface area contributed by atoms with Gasteiger partial charge in [-0.2, -0.15) is 0 Å². The Balaban J connectivity index is 1.56. The maximum absolute atomic E-state index is 13.4. The normalized spacial score (nSPS) is 16.4. The standard InChI is InChI=1S/C21H21ClN2O2S/c1-26-20-11-6-16-4-2-3-5-19(16)21(20)27(25)24-14-12-23(13-15-24)18-9-7-17(22)8-10-18/h2-11H,12-15H2,1H3/t27-/m1/s1. The van der Waals surface area contributed by atoms with Crippen molar-refractivity contribution < 1.29 is 8.95 Å². The van der Waals surface area contributed by atoms with Crippen LogP contribution < -0.4 is 9.64 Å². The molecule has 1 saturated heterocycles.